The number of aromatic nitrogens is 2. The Morgan fingerprint density at radius 1 is 1.00 bits per heavy atom. The molecule has 2 heterocycles. The van der Waals surface area contributed by atoms with E-state index < -0.39 is 0 Å². The van der Waals surface area contributed by atoms with Gasteiger partial charge < -0.3 is 19.5 Å². The molecule has 1 N–H and O–H groups in total. The summed E-state index contributed by atoms with van der Waals surface area (Å²) in [6.07, 6.45) is 3.41. The summed E-state index contributed by atoms with van der Waals surface area (Å²) >= 11 is 0. The molecule has 1 saturated heterocycles. The van der Waals surface area contributed by atoms with E-state index in [0.29, 0.717) is 19.0 Å². The third kappa shape index (κ3) is 4.23. The SMILES string of the molecule is O=c1c(N2CCNCC2)nccn1CCOc1cccc(-c2ccccc2)c1. The third-order valence-corrected chi connectivity index (χ3v) is 4.85. The van der Waals surface area contributed by atoms with E-state index in [4.69, 9.17) is 4.74 Å². The van der Waals surface area contributed by atoms with E-state index in [2.05, 4.69) is 28.5 Å². The molecular weight excluding hydrogens is 352 g/mol. The van der Waals surface area contributed by atoms with Crippen molar-refractivity contribution in [3.8, 4) is 16.9 Å². The first-order valence-electron chi connectivity index (χ1n) is 9.61. The van der Waals surface area contributed by atoms with Gasteiger partial charge in [-0.3, -0.25) is 4.79 Å². The zero-order valence-corrected chi connectivity index (χ0v) is 15.8. The molecule has 0 spiro atoms. The molecule has 0 atom stereocenters. The largest absolute Gasteiger partial charge is 0.492 e. The number of nitrogens with zero attached hydrogens (tertiary/aromatic N) is 3. The van der Waals surface area contributed by atoms with Gasteiger partial charge in [0.2, 0.25) is 0 Å². The van der Waals surface area contributed by atoms with Crippen LogP contribution in [0.15, 0.2) is 71.8 Å². The molecule has 0 saturated carbocycles. The molecule has 144 valence electrons. The minimum atomic E-state index is -0.0639. The molecule has 0 amide bonds. The van der Waals surface area contributed by atoms with Crippen LogP contribution in [0.2, 0.25) is 0 Å². The van der Waals surface area contributed by atoms with E-state index in [9.17, 15) is 4.79 Å². The fraction of sp³-hybridized carbons (Fsp3) is 0.273. The first-order chi connectivity index (χ1) is 13.8. The molecular formula is C22H24N4O2. The predicted octanol–water partition coefficient (Wildman–Crippen LogP) is 2.40. The summed E-state index contributed by atoms with van der Waals surface area (Å²) in [5, 5.41) is 3.29. The minimum absolute atomic E-state index is 0.0639. The number of anilines is 1. The molecule has 0 radical (unpaired) electrons. The quantitative estimate of drug-likeness (QED) is 0.716. The van der Waals surface area contributed by atoms with Crippen LogP contribution in [0.1, 0.15) is 0 Å². The van der Waals surface area contributed by atoms with E-state index in [0.717, 1.165) is 43.1 Å². The number of rotatable bonds is 6. The number of benzene rings is 2. The summed E-state index contributed by atoms with van der Waals surface area (Å²) in [5.74, 6) is 1.32. The van der Waals surface area contributed by atoms with Crippen LogP contribution in [0.3, 0.4) is 0 Å². The molecule has 2 aromatic carbocycles. The maximum atomic E-state index is 12.7. The highest BCUT2D eigenvalue weighted by Gasteiger charge is 2.16. The summed E-state index contributed by atoms with van der Waals surface area (Å²) in [7, 11) is 0. The van der Waals surface area contributed by atoms with Crippen LogP contribution in [-0.4, -0.2) is 42.3 Å². The number of hydrogen-bond acceptors (Lipinski definition) is 5. The number of piperazine rings is 1. The van der Waals surface area contributed by atoms with Crippen molar-refractivity contribution in [1.29, 1.82) is 0 Å². The molecule has 1 aromatic heterocycles. The lowest BCUT2D eigenvalue weighted by Crippen LogP contribution is -2.46. The fourth-order valence-electron chi connectivity index (χ4n) is 3.36. The van der Waals surface area contributed by atoms with Crippen molar-refractivity contribution in [2.24, 2.45) is 0 Å². The zero-order chi connectivity index (χ0) is 19.2. The van der Waals surface area contributed by atoms with E-state index in [1.807, 2.05) is 41.3 Å². The van der Waals surface area contributed by atoms with Crippen molar-refractivity contribution in [2.75, 3.05) is 37.7 Å². The Morgan fingerprint density at radius 3 is 2.61 bits per heavy atom. The number of nitrogens with one attached hydrogen (secondary N) is 1. The third-order valence-electron chi connectivity index (χ3n) is 4.85. The average molecular weight is 376 g/mol. The van der Waals surface area contributed by atoms with E-state index in [1.165, 1.54) is 0 Å². The summed E-state index contributed by atoms with van der Waals surface area (Å²) in [6.45, 7) is 4.25. The van der Waals surface area contributed by atoms with Gasteiger partial charge in [-0.05, 0) is 23.3 Å². The van der Waals surface area contributed by atoms with Crippen LogP contribution in [0.5, 0.6) is 5.75 Å². The van der Waals surface area contributed by atoms with Crippen LogP contribution < -0.4 is 20.5 Å². The second kappa shape index (κ2) is 8.71. The fourth-order valence-corrected chi connectivity index (χ4v) is 3.36. The highest BCUT2D eigenvalue weighted by atomic mass is 16.5. The van der Waals surface area contributed by atoms with Crippen LogP contribution in [-0.2, 0) is 6.54 Å². The number of ether oxygens (including phenoxy) is 1. The molecule has 1 aliphatic heterocycles. The molecule has 28 heavy (non-hydrogen) atoms. The summed E-state index contributed by atoms with van der Waals surface area (Å²) < 4.78 is 7.58. The van der Waals surface area contributed by atoms with Crippen LogP contribution in [0.25, 0.3) is 11.1 Å². The van der Waals surface area contributed by atoms with Crippen molar-refractivity contribution in [2.45, 2.75) is 6.54 Å². The van der Waals surface area contributed by atoms with Gasteiger partial charge in [-0.1, -0.05) is 42.5 Å². The first kappa shape index (κ1) is 18.3. The highest BCUT2D eigenvalue weighted by molar-refractivity contribution is 5.64. The Bertz CT molecular complexity index is 966. The van der Waals surface area contributed by atoms with Crippen LogP contribution >= 0.6 is 0 Å². The van der Waals surface area contributed by atoms with Crippen LogP contribution in [0, 0.1) is 0 Å². The molecule has 0 bridgehead atoms. The van der Waals surface area contributed by atoms with Gasteiger partial charge in [0.1, 0.15) is 12.4 Å². The van der Waals surface area contributed by atoms with Crippen molar-refractivity contribution in [1.82, 2.24) is 14.9 Å². The lowest BCUT2D eigenvalue weighted by atomic mass is 10.1. The summed E-state index contributed by atoms with van der Waals surface area (Å²) in [5.41, 5.74) is 2.20. The molecule has 1 aliphatic rings. The van der Waals surface area contributed by atoms with Gasteiger partial charge in [0.25, 0.3) is 5.56 Å². The molecule has 3 aromatic rings. The second-order valence-corrected chi connectivity index (χ2v) is 6.73. The standard InChI is InChI=1S/C22H24N4O2/c27-22-21(25-12-9-23-10-13-25)24-11-14-26(22)15-16-28-20-8-4-7-19(17-20)18-5-2-1-3-6-18/h1-8,11,14,17,23H,9-10,12-13,15-16H2. The van der Waals surface area contributed by atoms with E-state index in [-0.39, 0.29) is 5.56 Å². The summed E-state index contributed by atoms with van der Waals surface area (Å²) in [6, 6.07) is 18.2. The van der Waals surface area contributed by atoms with Gasteiger partial charge >= 0.3 is 0 Å². The number of hydrogen-bond donors (Lipinski definition) is 1. The lowest BCUT2D eigenvalue weighted by Gasteiger charge is -2.27. The smallest absolute Gasteiger partial charge is 0.293 e. The van der Waals surface area contributed by atoms with Gasteiger partial charge in [0.05, 0.1) is 6.54 Å². The van der Waals surface area contributed by atoms with Crippen molar-refractivity contribution in [3.63, 3.8) is 0 Å². The molecule has 0 unspecified atom stereocenters. The first-order valence-corrected chi connectivity index (χ1v) is 9.61. The van der Waals surface area contributed by atoms with Gasteiger partial charge in [0.15, 0.2) is 5.82 Å². The van der Waals surface area contributed by atoms with Gasteiger partial charge in [0, 0.05) is 38.6 Å². The van der Waals surface area contributed by atoms with Gasteiger partial charge in [-0.2, -0.15) is 0 Å². The minimum Gasteiger partial charge on any atom is -0.492 e. The monoisotopic (exact) mass is 376 g/mol. The second-order valence-electron chi connectivity index (χ2n) is 6.73. The zero-order valence-electron chi connectivity index (χ0n) is 15.8. The maximum Gasteiger partial charge on any atom is 0.293 e. The van der Waals surface area contributed by atoms with Gasteiger partial charge in [-0.15, -0.1) is 0 Å². The topological polar surface area (TPSA) is 59.4 Å². The van der Waals surface area contributed by atoms with Gasteiger partial charge in [-0.25, -0.2) is 4.98 Å². The van der Waals surface area contributed by atoms with Crippen molar-refractivity contribution in [3.05, 3.63) is 77.3 Å². The van der Waals surface area contributed by atoms with E-state index in [1.54, 1.807) is 17.0 Å². The Hall–Kier alpha value is -3.12. The van der Waals surface area contributed by atoms with E-state index >= 15 is 0 Å². The van der Waals surface area contributed by atoms with Crippen molar-refractivity contribution >= 4 is 5.82 Å². The van der Waals surface area contributed by atoms with Crippen molar-refractivity contribution < 1.29 is 4.74 Å². The molecule has 1 fully saturated rings. The summed E-state index contributed by atoms with van der Waals surface area (Å²) in [4.78, 5) is 19.1. The lowest BCUT2D eigenvalue weighted by molar-refractivity contribution is 0.296. The molecule has 0 aliphatic carbocycles. The Kier molecular flexibility index (Phi) is 5.68. The molecule has 6 heteroatoms. The average Bonchev–Trinajstić information content (AvgIpc) is 2.76. The predicted molar refractivity (Wildman–Crippen MR) is 111 cm³/mol. The molecule has 4 rings (SSSR count). The Labute approximate surface area is 164 Å². The Morgan fingerprint density at radius 2 is 1.79 bits per heavy atom. The Balaban J connectivity index is 1.41. The maximum absolute atomic E-state index is 12.7. The van der Waals surface area contributed by atoms with Crippen LogP contribution in [0.4, 0.5) is 5.82 Å². The highest BCUT2D eigenvalue weighted by Crippen LogP contribution is 2.23. The normalized spacial score (nSPS) is 14.1. The molecule has 6 nitrogen and oxygen atoms in total.